The Morgan fingerprint density at radius 2 is 2.38 bits per heavy atom. The molecule has 0 bridgehead atoms. The van der Waals surface area contributed by atoms with Gasteiger partial charge in [-0.25, -0.2) is 4.98 Å². The number of hydrogen-bond donors (Lipinski definition) is 1. The van der Waals surface area contributed by atoms with Crippen molar-refractivity contribution in [3.05, 3.63) is 30.0 Å². The van der Waals surface area contributed by atoms with Gasteiger partial charge in [0.15, 0.2) is 0 Å². The molecule has 0 aliphatic rings. The Labute approximate surface area is 97.1 Å². The number of nitriles is 1. The summed E-state index contributed by atoms with van der Waals surface area (Å²) in [5, 5.41) is 9.81. The van der Waals surface area contributed by atoms with E-state index in [4.69, 9.17) is 15.4 Å². The maximum atomic E-state index is 9.04. The van der Waals surface area contributed by atoms with E-state index in [1.165, 1.54) is 11.8 Å². The second kappa shape index (κ2) is 4.29. The van der Waals surface area contributed by atoms with E-state index in [9.17, 15) is 0 Å². The minimum absolute atomic E-state index is 0.237. The predicted molar refractivity (Wildman–Crippen MR) is 62.8 cm³/mol. The van der Waals surface area contributed by atoms with Crippen molar-refractivity contribution in [3.63, 3.8) is 0 Å². The average molecular weight is 231 g/mol. The summed E-state index contributed by atoms with van der Waals surface area (Å²) >= 11 is 1.47. The molecule has 0 aliphatic carbocycles. The minimum Gasteiger partial charge on any atom is -0.464 e. The molecule has 0 fully saturated rings. The number of aromatic nitrogens is 1. The van der Waals surface area contributed by atoms with Gasteiger partial charge >= 0.3 is 0 Å². The molecule has 2 aromatic heterocycles. The lowest BCUT2D eigenvalue weighted by molar-refractivity contribution is 0.582. The van der Waals surface area contributed by atoms with Crippen molar-refractivity contribution in [2.75, 3.05) is 12.0 Å². The molecule has 80 valence electrons. The summed E-state index contributed by atoms with van der Waals surface area (Å²) in [6.45, 7) is 0. The van der Waals surface area contributed by atoms with Crippen LogP contribution in [0.25, 0.3) is 11.3 Å². The second-order valence-electron chi connectivity index (χ2n) is 3.06. The third-order valence-corrected chi connectivity index (χ3v) is 2.76. The normalized spacial score (nSPS) is 10.0. The number of nitrogens with two attached hydrogens (primary N) is 1. The summed E-state index contributed by atoms with van der Waals surface area (Å²) in [6, 6.07) is 7.41. The fraction of sp³-hybridized carbons (Fsp3) is 0.0909. The Bertz CT molecular complexity index is 543. The van der Waals surface area contributed by atoms with Crippen LogP contribution in [-0.2, 0) is 0 Å². The van der Waals surface area contributed by atoms with Crippen LogP contribution in [0.1, 0.15) is 5.56 Å². The summed E-state index contributed by atoms with van der Waals surface area (Å²) in [7, 11) is 0. The largest absolute Gasteiger partial charge is 0.464 e. The van der Waals surface area contributed by atoms with Crippen molar-refractivity contribution in [1.29, 1.82) is 5.26 Å². The zero-order valence-corrected chi connectivity index (χ0v) is 9.41. The van der Waals surface area contributed by atoms with E-state index in [1.54, 1.807) is 24.5 Å². The molecule has 5 heteroatoms. The fourth-order valence-corrected chi connectivity index (χ4v) is 1.81. The highest BCUT2D eigenvalue weighted by Gasteiger charge is 2.13. The molecule has 2 N–H and O–H groups in total. The summed E-state index contributed by atoms with van der Waals surface area (Å²) in [5.74, 6) is 0.863. The molecule has 2 heterocycles. The van der Waals surface area contributed by atoms with E-state index in [2.05, 4.69) is 4.98 Å². The van der Waals surface area contributed by atoms with Gasteiger partial charge in [0.05, 0.1) is 11.3 Å². The Kier molecular flexibility index (Phi) is 2.84. The van der Waals surface area contributed by atoms with Crippen molar-refractivity contribution < 1.29 is 4.42 Å². The van der Waals surface area contributed by atoms with E-state index >= 15 is 0 Å². The number of hydrogen-bond acceptors (Lipinski definition) is 5. The average Bonchev–Trinajstić information content (AvgIpc) is 2.81. The Morgan fingerprint density at radius 1 is 1.56 bits per heavy atom. The zero-order valence-electron chi connectivity index (χ0n) is 8.60. The number of furan rings is 1. The van der Waals surface area contributed by atoms with Crippen LogP contribution in [0.5, 0.6) is 0 Å². The first kappa shape index (κ1) is 10.6. The van der Waals surface area contributed by atoms with Gasteiger partial charge in [-0.15, -0.1) is 11.8 Å². The molecule has 0 aliphatic heterocycles. The first-order valence-corrected chi connectivity index (χ1v) is 5.77. The van der Waals surface area contributed by atoms with Gasteiger partial charge < -0.3 is 10.2 Å². The van der Waals surface area contributed by atoms with Crippen LogP contribution in [0.15, 0.2) is 33.9 Å². The van der Waals surface area contributed by atoms with Crippen LogP contribution in [0.3, 0.4) is 0 Å². The lowest BCUT2D eigenvalue weighted by atomic mass is 10.1. The highest BCUT2D eigenvalue weighted by Crippen LogP contribution is 2.30. The molecule has 0 atom stereocenters. The van der Waals surface area contributed by atoms with Crippen molar-refractivity contribution in [3.8, 4) is 17.4 Å². The topological polar surface area (TPSA) is 75.8 Å². The molecule has 16 heavy (non-hydrogen) atoms. The van der Waals surface area contributed by atoms with Crippen LogP contribution in [0.4, 0.5) is 5.82 Å². The quantitative estimate of drug-likeness (QED) is 0.804. The van der Waals surface area contributed by atoms with E-state index in [0.717, 1.165) is 5.03 Å². The molecular weight excluding hydrogens is 222 g/mol. The Balaban J connectivity index is 2.67. The molecule has 0 saturated carbocycles. The van der Waals surface area contributed by atoms with Crippen molar-refractivity contribution in [2.45, 2.75) is 5.03 Å². The van der Waals surface area contributed by atoms with Gasteiger partial charge in [0.2, 0.25) is 0 Å². The Morgan fingerprint density at radius 3 is 2.94 bits per heavy atom. The van der Waals surface area contributed by atoms with Crippen molar-refractivity contribution >= 4 is 17.6 Å². The third-order valence-electron chi connectivity index (χ3n) is 2.13. The molecule has 0 amide bonds. The molecule has 0 aromatic carbocycles. The Hall–Kier alpha value is -1.93. The van der Waals surface area contributed by atoms with Crippen LogP contribution in [0.2, 0.25) is 0 Å². The summed E-state index contributed by atoms with van der Waals surface area (Å²) in [6.07, 6.45) is 3.46. The van der Waals surface area contributed by atoms with Crippen LogP contribution >= 0.6 is 11.8 Å². The van der Waals surface area contributed by atoms with E-state index < -0.39 is 0 Å². The first-order valence-electron chi connectivity index (χ1n) is 4.54. The molecule has 4 nitrogen and oxygen atoms in total. The van der Waals surface area contributed by atoms with Gasteiger partial charge in [-0.05, 0) is 24.5 Å². The molecule has 2 aromatic rings. The molecule has 0 unspecified atom stereocenters. The predicted octanol–water partition coefficient (Wildman–Crippen LogP) is 2.52. The number of thioether (sulfide) groups is 1. The first-order chi connectivity index (χ1) is 7.76. The second-order valence-corrected chi connectivity index (χ2v) is 3.89. The van der Waals surface area contributed by atoms with Gasteiger partial charge in [-0.3, -0.25) is 0 Å². The number of rotatable bonds is 2. The fourth-order valence-electron chi connectivity index (χ4n) is 1.39. The van der Waals surface area contributed by atoms with Gasteiger partial charge in [0.25, 0.3) is 0 Å². The maximum absolute atomic E-state index is 9.04. The van der Waals surface area contributed by atoms with Gasteiger partial charge in [0.1, 0.15) is 23.2 Å². The SMILES string of the molecule is CSc1cc(-c2ccco2)c(C#N)c(N)n1. The van der Waals surface area contributed by atoms with Crippen LogP contribution in [0, 0.1) is 11.3 Å². The lowest BCUT2D eigenvalue weighted by Crippen LogP contribution is -1.98. The summed E-state index contributed by atoms with van der Waals surface area (Å²) in [4.78, 5) is 4.11. The van der Waals surface area contributed by atoms with E-state index in [-0.39, 0.29) is 5.82 Å². The van der Waals surface area contributed by atoms with E-state index in [0.29, 0.717) is 16.9 Å². The molecule has 0 saturated heterocycles. The van der Waals surface area contributed by atoms with Crippen molar-refractivity contribution in [2.24, 2.45) is 0 Å². The number of pyridine rings is 1. The molecule has 0 spiro atoms. The number of anilines is 1. The number of nitrogen functional groups attached to an aromatic ring is 1. The lowest BCUT2D eigenvalue weighted by Gasteiger charge is -2.05. The smallest absolute Gasteiger partial charge is 0.143 e. The monoisotopic (exact) mass is 231 g/mol. The maximum Gasteiger partial charge on any atom is 0.143 e. The van der Waals surface area contributed by atoms with E-state index in [1.807, 2.05) is 12.3 Å². The highest BCUT2D eigenvalue weighted by molar-refractivity contribution is 7.98. The molecule has 2 rings (SSSR count). The third kappa shape index (κ3) is 1.75. The summed E-state index contributed by atoms with van der Waals surface area (Å²) in [5.41, 5.74) is 6.76. The minimum atomic E-state index is 0.237. The highest BCUT2D eigenvalue weighted by atomic mass is 32.2. The standard InChI is InChI=1S/C11H9N3OS/c1-16-10-5-7(9-3-2-4-15-9)8(6-12)11(13)14-10/h2-5H,1H3,(H2,13,14). The van der Waals surface area contributed by atoms with Crippen LogP contribution in [-0.4, -0.2) is 11.2 Å². The molecule has 0 radical (unpaired) electrons. The van der Waals surface area contributed by atoms with Crippen molar-refractivity contribution in [1.82, 2.24) is 4.98 Å². The van der Waals surface area contributed by atoms with Gasteiger partial charge in [0, 0.05) is 5.56 Å². The van der Waals surface area contributed by atoms with Gasteiger partial charge in [-0.2, -0.15) is 5.26 Å². The summed E-state index contributed by atoms with van der Waals surface area (Å²) < 4.78 is 5.27. The van der Waals surface area contributed by atoms with Gasteiger partial charge in [-0.1, -0.05) is 0 Å². The zero-order chi connectivity index (χ0) is 11.5. The number of nitrogens with zero attached hydrogens (tertiary/aromatic N) is 2. The van der Waals surface area contributed by atoms with Crippen LogP contribution < -0.4 is 5.73 Å². The molecular formula is C11H9N3OS.